The van der Waals surface area contributed by atoms with Gasteiger partial charge >= 0.3 is 0 Å². The number of halogens is 1. The van der Waals surface area contributed by atoms with E-state index in [2.05, 4.69) is 5.32 Å². The lowest BCUT2D eigenvalue weighted by atomic mass is 10.1. The molecule has 0 bridgehead atoms. The fourth-order valence-corrected chi connectivity index (χ4v) is 2.67. The maximum absolute atomic E-state index is 10.9. The monoisotopic (exact) mass is 284 g/mol. The van der Waals surface area contributed by atoms with Crippen molar-refractivity contribution in [2.75, 3.05) is 6.54 Å². The van der Waals surface area contributed by atoms with Crippen LogP contribution >= 0.6 is 11.6 Å². The maximum Gasteiger partial charge on any atom is 0.275 e. The molecule has 2 atom stereocenters. The third-order valence-electron chi connectivity index (χ3n) is 3.58. The minimum atomic E-state index is -0.423. The highest BCUT2D eigenvalue weighted by Gasteiger charge is 2.24. The Morgan fingerprint density at radius 2 is 2.26 bits per heavy atom. The summed E-state index contributed by atoms with van der Waals surface area (Å²) >= 11 is 5.76. The summed E-state index contributed by atoms with van der Waals surface area (Å²) in [4.78, 5) is 10.5. The number of hydrogen-bond donors (Lipinski definition) is 2. The Labute approximate surface area is 116 Å². The van der Waals surface area contributed by atoms with Gasteiger partial charge in [-0.1, -0.05) is 18.0 Å². The highest BCUT2D eigenvalue weighted by Crippen LogP contribution is 2.26. The van der Waals surface area contributed by atoms with Gasteiger partial charge in [0.05, 0.1) is 11.0 Å². The number of nitrogens with one attached hydrogen (secondary N) is 1. The van der Waals surface area contributed by atoms with E-state index in [1.807, 2.05) is 0 Å². The van der Waals surface area contributed by atoms with E-state index in [0.717, 1.165) is 19.3 Å². The summed E-state index contributed by atoms with van der Waals surface area (Å²) in [5.41, 5.74) is 0.647. The number of benzene rings is 1. The number of aliphatic hydroxyl groups excluding tert-OH is 1. The normalized spacial score (nSPS) is 22.6. The van der Waals surface area contributed by atoms with Crippen LogP contribution in [-0.4, -0.2) is 22.7 Å². The Balaban J connectivity index is 1.94. The topological polar surface area (TPSA) is 75.4 Å². The quantitative estimate of drug-likeness (QED) is 0.643. The van der Waals surface area contributed by atoms with Crippen LogP contribution in [0.4, 0.5) is 5.69 Å². The number of rotatable bonds is 5. The van der Waals surface area contributed by atoms with Gasteiger partial charge in [-0.05, 0) is 30.9 Å². The van der Waals surface area contributed by atoms with Crippen LogP contribution in [0.5, 0.6) is 0 Å². The van der Waals surface area contributed by atoms with Crippen LogP contribution in [0, 0.1) is 16.0 Å². The summed E-state index contributed by atoms with van der Waals surface area (Å²) in [6, 6.07) is 4.68. The van der Waals surface area contributed by atoms with Gasteiger partial charge in [0.25, 0.3) is 5.69 Å². The van der Waals surface area contributed by atoms with Crippen molar-refractivity contribution >= 4 is 17.3 Å². The first-order valence-corrected chi connectivity index (χ1v) is 6.77. The first kappa shape index (κ1) is 14.2. The fraction of sp³-hybridized carbons (Fsp3) is 0.538. The lowest BCUT2D eigenvalue weighted by Crippen LogP contribution is -2.27. The lowest BCUT2D eigenvalue weighted by molar-refractivity contribution is -0.385. The van der Waals surface area contributed by atoms with Crippen molar-refractivity contribution in [3.05, 3.63) is 38.9 Å². The van der Waals surface area contributed by atoms with Gasteiger partial charge in [0.1, 0.15) is 0 Å². The highest BCUT2D eigenvalue weighted by molar-refractivity contribution is 6.30. The molecule has 6 heteroatoms. The zero-order valence-corrected chi connectivity index (χ0v) is 11.3. The Morgan fingerprint density at radius 3 is 2.89 bits per heavy atom. The summed E-state index contributed by atoms with van der Waals surface area (Å²) in [6.45, 7) is 1.09. The molecule has 2 rings (SSSR count). The first-order chi connectivity index (χ1) is 9.08. The van der Waals surface area contributed by atoms with E-state index in [0.29, 0.717) is 23.7 Å². The summed E-state index contributed by atoms with van der Waals surface area (Å²) < 4.78 is 0. The van der Waals surface area contributed by atoms with Gasteiger partial charge in [-0.25, -0.2) is 0 Å². The van der Waals surface area contributed by atoms with Gasteiger partial charge in [0.15, 0.2) is 0 Å². The van der Waals surface area contributed by atoms with E-state index in [1.165, 1.54) is 6.07 Å². The molecule has 1 fully saturated rings. The molecule has 0 saturated heterocycles. The van der Waals surface area contributed by atoms with Gasteiger partial charge in [-0.15, -0.1) is 0 Å². The Bertz CT molecular complexity index is 467. The Kier molecular flexibility index (Phi) is 4.74. The molecule has 1 aliphatic carbocycles. The molecule has 0 aliphatic heterocycles. The maximum atomic E-state index is 10.9. The van der Waals surface area contributed by atoms with Gasteiger partial charge in [-0.3, -0.25) is 10.1 Å². The van der Waals surface area contributed by atoms with Crippen LogP contribution in [0.15, 0.2) is 18.2 Å². The molecule has 0 amide bonds. The van der Waals surface area contributed by atoms with Gasteiger partial charge in [0, 0.05) is 29.7 Å². The van der Waals surface area contributed by atoms with Crippen molar-refractivity contribution in [3.63, 3.8) is 0 Å². The molecule has 1 aliphatic rings. The smallest absolute Gasteiger partial charge is 0.275 e. The summed E-state index contributed by atoms with van der Waals surface area (Å²) in [6.07, 6.45) is 2.67. The molecule has 2 N–H and O–H groups in total. The number of nitrogens with zero attached hydrogens (tertiary/aromatic N) is 1. The molecule has 0 spiro atoms. The number of hydrogen-bond acceptors (Lipinski definition) is 4. The minimum Gasteiger partial charge on any atom is -0.393 e. The Morgan fingerprint density at radius 1 is 1.47 bits per heavy atom. The van der Waals surface area contributed by atoms with Gasteiger partial charge < -0.3 is 10.4 Å². The van der Waals surface area contributed by atoms with Crippen LogP contribution in [0.1, 0.15) is 24.8 Å². The first-order valence-electron chi connectivity index (χ1n) is 6.39. The molecule has 19 heavy (non-hydrogen) atoms. The number of aliphatic hydroxyl groups is 1. The zero-order chi connectivity index (χ0) is 13.8. The van der Waals surface area contributed by atoms with E-state index in [9.17, 15) is 15.2 Å². The molecule has 0 aromatic heterocycles. The zero-order valence-electron chi connectivity index (χ0n) is 10.5. The SMILES string of the molecule is O=[N+]([O-])c1cc(Cl)ccc1CNCC1CCCC1O. The summed E-state index contributed by atoms with van der Waals surface area (Å²) in [5, 5.41) is 24.2. The van der Waals surface area contributed by atoms with Crippen LogP contribution in [-0.2, 0) is 6.54 Å². The predicted molar refractivity (Wildman–Crippen MR) is 73.2 cm³/mol. The average Bonchev–Trinajstić information content (AvgIpc) is 2.77. The van der Waals surface area contributed by atoms with E-state index >= 15 is 0 Å². The van der Waals surface area contributed by atoms with Gasteiger partial charge in [0.2, 0.25) is 0 Å². The van der Waals surface area contributed by atoms with Crippen molar-refractivity contribution in [2.45, 2.75) is 31.9 Å². The van der Waals surface area contributed by atoms with E-state index < -0.39 is 4.92 Å². The van der Waals surface area contributed by atoms with E-state index in [1.54, 1.807) is 12.1 Å². The van der Waals surface area contributed by atoms with Crippen molar-refractivity contribution in [1.29, 1.82) is 0 Å². The third kappa shape index (κ3) is 3.65. The van der Waals surface area contributed by atoms with E-state index in [-0.39, 0.29) is 17.7 Å². The van der Waals surface area contributed by atoms with Gasteiger partial charge in [-0.2, -0.15) is 0 Å². The van der Waals surface area contributed by atoms with Crippen molar-refractivity contribution < 1.29 is 10.0 Å². The number of nitro benzene ring substituents is 1. The second kappa shape index (κ2) is 6.32. The molecule has 104 valence electrons. The largest absolute Gasteiger partial charge is 0.393 e. The molecule has 0 heterocycles. The molecule has 1 aromatic carbocycles. The van der Waals surface area contributed by atoms with Crippen LogP contribution < -0.4 is 5.32 Å². The molecular weight excluding hydrogens is 268 g/mol. The predicted octanol–water partition coefficient (Wildman–Crippen LogP) is 2.50. The fourth-order valence-electron chi connectivity index (χ4n) is 2.50. The second-order valence-corrected chi connectivity index (χ2v) is 5.36. The van der Waals surface area contributed by atoms with Crippen molar-refractivity contribution in [3.8, 4) is 0 Å². The molecule has 0 radical (unpaired) electrons. The van der Waals surface area contributed by atoms with E-state index in [4.69, 9.17) is 11.6 Å². The molecule has 2 unspecified atom stereocenters. The van der Waals surface area contributed by atoms with Crippen LogP contribution in [0.3, 0.4) is 0 Å². The van der Waals surface area contributed by atoms with Crippen LogP contribution in [0.25, 0.3) is 0 Å². The molecular formula is C13H17ClN2O3. The lowest BCUT2D eigenvalue weighted by Gasteiger charge is -2.15. The molecule has 1 saturated carbocycles. The number of nitro groups is 1. The third-order valence-corrected chi connectivity index (χ3v) is 3.82. The second-order valence-electron chi connectivity index (χ2n) is 4.92. The van der Waals surface area contributed by atoms with Crippen molar-refractivity contribution in [1.82, 2.24) is 5.32 Å². The molecule has 5 nitrogen and oxygen atoms in total. The highest BCUT2D eigenvalue weighted by atomic mass is 35.5. The van der Waals surface area contributed by atoms with Crippen molar-refractivity contribution in [2.24, 2.45) is 5.92 Å². The molecule has 1 aromatic rings. The minimum absolute atomic E-state index is 0.0342. The average molecular weight is 285 g/mol. The Hall–Kier alpha value is -1.17. The van der Waals surface area contributed by atoms with Crippen LogP contribution in [0.2, 0.25) is 5.02 Å². The summed E-state index contributed by atoms with van der Waals surface area (Å²) in [5.74, 6) is 0.256. The standard InChI is InChI=1S/C13H17ClN2O3/c14-11-5-4-9(12(6-11)16(18)19)7-15-8-10-2-1-3-13(10)17/h4-6,10,13,15,17H,1-3,7-8H2. The summed E-state index contributed by atoms with van der Waals surface area (Å²) in [7, 11) is 0.